The molecule has 0 bridgehead atoms. The van der Waals surface area contributed by atoms with E-state index in [1.807, 2.05) is 19.1 Å². The van der Waals surface area contributed by atoms with Crippen molar-refractivity contribution in [2.75, 3.05) is 0 Å². The van der Waals surface area contributed by atoms with Gasteiger partial charge in [0.2, 0.25) is 0 Å². The fourth-order valence-corrected chi connectivity index (χ4v) is 2.82. The number of amides is 1. The van der Waals surface area contributed by atoms with Crippen LogP contribution in [0.3, 0.4) is 0 Å². The van der Waals surface area contributed by atoms with Crippen molar-refractivity contribution in [2.24, 2.45) is 5.10 Å². The minimum atomic E-state index is -0.240. The summed E-state index contributed by atoms with van der Waals surface area (Å²) in [6, 6.07) is 10.6. The van der Waals surface area contributed by atoms with E-state index in [1.54, 1.807) is 36.7 Å². The summed E-state index contributed by atoms with van der Waals surface area (Å²) in [5, 5.41) is 14.5. The van der Waals surface area contributed by atoms with E-state index in [-0.39, 0.29) is 11.7 Å². The van der Waals surface area contributed by atoms with E-state index >= 15 is 0 Å². The third-order valence-electron chi connectivity index (χ3n) is 3.12. The molecule has 1 aromatic carbocycles. The molecule has 0 radical (unpaired) electrons. The van der Waals surface area contributed by atoms with Gasteiger partial charge in [-0.2, -0.15) is 5.10 Å². The Balaban J connectivity index is 1.81. The maximum absolute atomic E-state index is 11.9. The van der Waals surface area contributed by atoms with Crippen molar-refractivity contribution in [2.45, 2.75) is 6.92 Å². The zero-order valence-corrected chi connectivity index (χ0v) is 12.6. The smallest absolute Gasteiger partial charge is 0.281 e. The van der Waals surface area contributed by atoms with Crippen LogP contribution in [0.2, 0.25) is 0 Å². The Kier molecular flexibility index (Phi) is 3.84. The van der Waals surface area contributed by atoms with Crippen LogP contribution in [0.25, 0.3) is 10.9 Å². The second-order valence-corrected chi connectivity index (χ2v) is 5.97. The number of hydrazone groups is 1. The lowest BCUT2D eigenvalue weighted by atomic mass is 10.1. The molecule has 0 aliphatic carbocycles. The van der Waals surface area contributed by atoms with Gasteiger partial charge in [0.1, 0.15) is 11.3 Å². The number of hydrogen-bond acceptors (Lipinski definition) is 5. The van der Waals surface area contributed by atoms with E-state index in [4.69, 9.17) is 0 Å². The molecule has 2 heterocycles. The Labute approximate surface area is 130 Å². The average Bonchev–Trinajstić information content (AvgIpc) is 2.96. The molecular formula is C16H13N3O2S. The number of aromatic nitrogens is 1. The summed E-state index contributed by atoms with van der Waals surface area (Å²) in [5.41, 5.74) is 3.77. The number of rotatable bonds is 3. The van der Waals surface area contributed by atoms with Gasteiger partial charge in [0.05, 0.1) is 11.1 Å². The molecule has 0 atom stereocenters. The van der Waals surface area contributed by atoms with Gasteiger partial charge in [0.25, 0.3) is 5.91 Å². The first-order valence-electron chi connectivity index (χ1n) is 6.61. The van der Waals surface area contributed by atoms with Gasteiger partial charge in [-0.1, -0.05) is 6.07 Å². The van der Waals surface area contributed by atoms with Crippen LogP contribution in [0.4, 0.5) is 0 Å². The third kappa shape index (κ3) is 2.82. The average molecular weight is 311 g/mol. The lowest BCUT2D eigenvalue weighted by Gasteiger charge is -2.03. The van der Waals surface area contributed by atoms with E-state index in [0.717, 1.165) is 15.8 Å². The van der Waals surface area contributed by atoms with Crippen molar-refractivity contribution in [1.82, 2.24) is 10.4 Å². The summed E-state index contributed by atoms with van der Waals surface area (Å²) in [6.07, 6.45) is 3.16. The monoisotopic (exact) mass is 311 g/mol. The molecule has 0 fully saturated rings. The molecule has 0 aliphatic heterocycles. The normalized spacial score (nSPS) is 11.1. The second kappa shape index (κ2) is 5.95. The molecule has 0 aliphatic rings. The van der Waals surface area contributed by atoms with Crippen molar-refractivity contribution in [1.29, 1.82) is 0 Å². The highest BCUT2D eigenvalue weighted by atomic mass is 32.1. The molecule has 5 nitrogen and oxygen atoms in total. The third-order valence-corrected chi connectivity index (χ3v) is 4.12. The summed E-state index contributed by atoms with van der Waals surface area (Å²) in [4.78, 5) is 17.7. The molecule has 2 aromatic heterocycles. The van der Waals surface area contributed by atoms with Crippen molar-refractivity contribution in [3.63, 3.8) is 0 Å². The fraction of sp³-hybridized carbons (Fsp3) is 0.0625. The van der Waals surface area contributed by atoms with E-state index in [1.165, 1.54) is 11.3 Å². The van der Waals surface area contributed by atoms with Crippen molar-refractivity contribution in [3.8, 4) is 5.75 Å². The first-order valence-corrected chi connectivity index (χ1v) is 7.43. The number of phenols is 1. The second-order valence-electron chi connectivity index (χ2n) is 4.68. The molecule has 0 saturated heterocycles. The first kappa shape index (κ1) is 14.2. The van der Waals surface area contributed by atoms with Gasteiger partial charge in [-0.3, -0.25) is 9.78 Å². The van der Waals surface area contributed by atoms with Gasteiger partial charge in [0.15, 0.2) is 0 Å². The SMILES string of the molecule is Cc1ccc(C(=O)N/N=C/c2ccc(O)c3ncccc23)s1. The van der Waals surface area contributed by atoms with Gasteiger partial charge >= 0.3 is 0 Å². The topological polar surface area (TPSA) is 74.6 Å². The number of fused-ring (bicyclic) bond motifs is 1. The lowest BCUT2D eigenvalue weighted by Crippen LogP contribution is -2.16. The van der Waals surface area contributed by atoms with Gasteiger partial charge in [-0.05, 0) is 37.3 Å². The van der Waals surface area contributed by atoms with Crippen LogP contribution >= 0.6 is 11.3 Å². The van der Waals surface area contributed by atoms with Crippen molar-refractivity contribution >= 4 is 34.4 Å². The number of nitrogens with one attached hydrogen (secondary N) is 1. The van der Waals surface area contributed by atoms with Crippen LogP contribution in [0, 0.1) is 6.92 Å². The maximum atomic E-state index is 11.9. The zero-order valence-electron chi connectivity index (χ0n) is 11.8. The molecule has 110 valence electrons. The lowest BCUT2D eigenvalue weighted by molar-refractivity contribution is 0.0959. The zero-order chi connectivity index (χ0) is 15.5. The quantitative estimate of drug-likeness (QED) is 0.576. The fourth-order valence-electron chi connectivity index (χ4n) is 2.06. The van der Waals surface area contributed by atoms with Crippen LogP contribution in [0.15, 0.2) is 47.7 Å². The number of aryl methyl sites for hydroxylation is 1. The van der Waals surface area contributed by atoms with Crippen molar-refractivity contribution < 1.29 is 9.90 Å². The summed E-state index contributed by atoms with van der Waals surface area (Å²) in [7, 11) is 0. The number of pyridine rings is 1. The van der Waals surface area contributed by atoms with Crippen LogP contribution < -0.4 is 5.43 Å². The van der Waals surface area contributed by atoms with Gasteiger partial charge in [-0.25, -0.2) is 5.43 Å². The molecule has 2 N–H and O–H groups in total. The Morgan fingerprint density at radius 2 is 2.18 bits per heavy atom. The van der Waals surface area contributed by atoms with Crippen molar-refractivity contribution in [3.05, 3.63) is 57.9 Å². The molecule has 22 heavy (non-hydrogen) atoms. The minimum Gasteiger partial charge on any atom is -0.506 e. The largest absolute Gasteiger partial charge is 0.506 e. The Morgan fingerprint density at radius 3 is 2.95 bits per heavy atom. The molecule has 1 amide bonds. The number of benzene rings is 1. The predicted molar refractivity (Wildman–Crippen MR) is 87.5 cm³/mol. The number of carbonyl (C=O) groups is 1. The van der Waals surface area contributed by atoms with Gasteiger partial charge in [-0.15, -0.1) is 11.3 Å². The summed E-state index contributed by atoms with van der Waals surface area (Å²) < 4.78 is 0. The highest BCUT2D eigenvalue weighted by Crippen LogP contribution is 2.24. The number of hydrogen-bond donors (Lipinski definition) is 2. The van der Waals surface area contributed by atoms with E-state index in [9.17, 15) is 9.90 Å². The Hall–Kier alpha value is -2.73. The molecule has 6 heteroatoms. The molecule has 3 rings (SSSR count). The van der Waals surface area contributed by atoms with E-state index < -0.39 is 0 Å². The molecule has 0 spiro atoms. The standard InChI is InChI=1S/C16H13N3O2S/c1-10-4-7-14(22-10)16(21)19-18-9-11-5-6-13(20)15-12(11)3-2-8-17-15/h2-9,20H,1H3,(H,19,21)/b18-9+. The van der Waals surface area contributed by atoms with Crippen LogP contribution in [-0.2, 0) is 0 Å². The van der Waals surface area contributed by atoms with Crippen LogP contribution in [0.1, 0.15) is 20.1 Å². The number of aromatic hydroxyl groups is 1. The highest BCUT2D eigenvalue weighted by molar-refractivity contribution is 7.13. The molecular weight excluding hydrogens is 298 g/mol. The molecule has 0 unspecified atom stereocenters. The Bertz CT molecular complexity index is 871. The van der Waals surface area contributed by atoms with E-state index in [2.05, 4.69) is 15.5 Å². The Morgan fingerprint density at radius 1 is 1.32 bits per heavy atom. The molecule has 0 saturated carbocycles. The molecule has 3 aromatic rings. The number of nitrogens with zero attached hydrogens (tertiary/aromatic N) is 2. The summed E-state index contributed by atoms with van der Waals surface area (Å²) in [5.74, 6) is -0.124. The maximum Gasteiger partial charge on any atom is 0.281 e. The first-order chi connectivity index (χ1) is 10.6. The predicted octanol–water partition coefficient (Wildman–Crippen LogP) is 3.07. The van der Waals surface area contributed by atoms with Gasteiger partial charge < -0.3 is 5.11 Å². The summed E-state index contributed by atoms with van der Waals surface area (Å²) in [6.45, 7) is 1.94. The van der Waals surface area contributed by atoms with Crippen LogP contribution in [0.5, 0.6) is 5.75 Å². The van der Waals surface area contributed by atoms with Gasteiger partial charge in [0, 0.05) is 22.0 Å². The number of phenolic OH excluding ortho intramolecular Hbond substituents is 1. The van der Waals surface area contributed by atoms with E-state index in [0.29, 0.717) is 10.4 Å². The minimum absolute atomic E-state index is 0.117. The van der Waals surface area contributed by atoms with Crippen LogP contribution in [-0.4, -0.2) is 22.2 Å². The summed E-state index contributed by atoms with van der Waals surface area (Å²) >= 11 is 1.42. The number of thiophene rings is 1. The highest BCUT2D eigenvalue weighted by Gasteiger charge is 2.07. The number of carbonyl (C=O) groups excluding carboxylic acids is 1.